The summed E-state index contributed by atoms with van der Waals surface area (Å²) in [7, 11) is 0. The van der Waals surface area contributed by atoms with Gasteiger partial charge in [-0.3, -0.25) is 0 Å². The Balaban J connectivity index is 2.23. The first kappa shape index (κ1) is 9.19. The van der Waals surface area contributed by atoms with Crippen LogP contribution in [0.5, 0.6) is 0 Å². The molecule has 0 N–H and O–H groups in total. The first-order valence-electron chi connectivity index (χ1n) is 3.82. The summed E-state index contributed by atoms with van der Waals surface area (Å²) in [5, 5.41) is 17.1. The van der Waals surface area contributed by atoms with Gasteiger partial charge in [-0.05, 0) is 23.7 Å². The van der Waals surface area contributed by atoms with Crippen molar-refractivity contribution in [2.24, 2.45) is 0 Å². The Labute approximate surface area is 89.4 Å². The van der Waals surface area contributed by atoms with Crippen molar-refractivity contribution in [2.45, 2.75) is 6.54 Å². The summed E-state index contributed by atoms with van der Waals surface area (Å²) >= 11 is 6.96. The molecule has 4 nitrogen and oxygen atoms in total. The van der Waals surface area contributed by atoms with E-state index in [4.69, 9.17) is 16.9 Å². The van der Waals surface area contributed by atoms with Crippen LogP contribution in [0.4, 0.5) is 0 Å². The largest absolute Gasteiger partial charge is 0.333 e. The minimum absolute atomic E-state index is 0.422. The third-order valence-electron chi connectivity index (χ3n) is 1.69. The Morgan fingerprint density at radius 3 is 3.07 bits per heavy atom. The van der Waals surface area contributed by atoms with E-state index >= 15 is 0 Å². The second kappa shape index (κ2) is 3.78. The van der Waals surface area contributed by atoms with Gasteiger partial charge in [0, 0.05) is 6.20 Å². The van der Waals surface area contributed by atoms with Crippen molar-refractivity contribution >= 4 is 22.9 Å². The molecule has 14 heavy (non-hydrogen) atoms. The molecule has 0 atom stereocenters. The molecule has 0 saturated heterocycles. The number of nitrogens with zero attached hydrogens (tertiary/aromatic N) is 4. The molecule has 0 spiro atoms. The summed E-state index contributed by atoms with van der Waals surface area (Å²) in [4.78, 5) is 0. The predicted octanol–water partition coefficient (Wildman–Crippen LogP) is 1.91. The lowest BCUT2D eigenvalue weighted by Gasteiger charge is -1.99. The van der Waals surface area contributed by atoms with Crippen LogP contribution in [-0.4, -0.2) is 14.8 Å². The topological polar surface area (TPSA) is 54.5 Å². The first-order chi connectivity index (χ1) is 6.79. The van der Waals surface area contributed by atoms with E-state index in [1.807, 2.05) is 12.3 Å². The maximum Gasteiger partial charge on any atom is 0.207 e. The molecule has 0 bridgehead atoms. The minimum Gasteiger partial charge on any atom is -0.333 e. The molecule has 0 aliphatic heterocycles. The average molecular weight is 225 g/mol. The Hall–Kier alpha value is -1.38. The molecule has 2 aromatic rings. The maximum absolute atomic E-state index is 8.76. The molecule has 0 saturated carbocycles. The molecule has 0 unspecified atom stereocenters. The quantitative estimate of drug-likeness (QED) is 0.783. The SMILES string of the molecule is N#Cc1cccn1Cc1nnc(Cl)s1. The number of hydrogen-bond acceptors (Lipinski definition) is 4. The van der Waals surface area contributed by atoms with Crippen molar-refractivity contribution in [3.63, 3.8) is 0 Å². The lowest BCUT2D eigenvalue weighted by Crippen LogP contribution is -1.99. The number of aromatic nitrogens is 3. The summed E-state index contributed by atoms with van der Waals surface area (Å²) in [6.07, 6.45) is 1.83. The Morgan fingerprint density at radius 1 is 1.57 bits per heavy atom. The highest BCUT2D eigenvalue weighted by atomic mass is 35.5. The van der Waals surface area contributed by atoms with Crippen molar-refractivity contribution in [3.8, 4) is 6.07 Å². The average Bonchev–Trinajstić information content (AvgIpc) is 2.76. The summed E-state index contributed by atoms with van der Waals surface area (Å²) in [5.41, 5.74) is 0.608. The maximum atomic E-state index is 8.76. The lowest BCUT2D eigenvalue weighted by atomic mass is 10.5. The van der Waals surface area contributed by atoms with Gasteiger partial charge in [0.2, 0.25) is 4.47 Å². The number of hydrogen-bond donors (Lipinski definition) is 0. The molecule has 0 aromatic carbocycles. The fourth-order valence-corrected chi connectivity index (χ4v) is 1.96. The van der Waals surface area contributed by atoms with Gasteiger partial charge in [-0.2, -0.15) is 5.26 Å². The van der Waals surface area contributed by atoms with Crippen LogP contribution in [0.1, 0.15) is 10.7 Å². The van der Waals surface area contributed by atoms with E-state index < -0.39 is 0 Å². The van der Waals surface area contributed by atoms with Crippen LogP contribution in [0.15, 0.2) is 18.3 Å². The molecule has 2 heterocycles. The Morgan fingerprint density at radius 2 is 2.43 bits per heavy atom. The van der Waals surface area contributed by atoms with Gasteiger partial charge in [-0.15, -0.1) is 10.2 Å². The smallest absolute Gasteiger partial charge is 0.207 e. The van der Waals surface area contributed by atoms with Crippen LogP contribution >= 0.6 is 22.9 Å². The highest BCUT2D eigenvalue weighted by Gasteiger charge is 2.04. The van der Waals surface area contributed by atoms with E-state index in [0.717, 1.165) is 5.01 Å². The number of rotatable bonds is 2. The van der Waals surface area contributed by atoms with Crippen molar-refractivity contribution in [3.05, 3.63) is 33.5 Å². The van der Waals surface area contributed by atoms with Crippen LogP contribution in [0.2, 0.25) is 4.47 Å². The molecule has 2 aromatic heterocycles. The van der Waals surface area contributed by atoms with Gasteiger partial charge < -0.3 is 4.57 Å². The van der Waals surface area contributed by atoms with Gasteiger partial charge in [0.05, 0.1) is 6.54 Å². The van der Waals surface area contributed by atoms with Gasteiger partial charge in [-0.1, -0.05) is 11.3 Å². The zero-order chi connectivity index (χ0) is 9.97. The first-order valence-corrected chi connectivity index (χ1v) is 5.02. The molecule has 0 aliphatic rings. The van der Waals surface area contributed by atoms with Gasteiger partial charge >= 0.3 is 0 Å². The molecule has 0 fully saturated rings. The zero-order valence-corrected chi connectivity index (χ0v) is 8.59. The highest BCUT2D eigenvalue weighted by Crippen LogP contribution is 2.16. The molecule has 0 radical (unpaired) electrons. The number of halogens is 1. The predicted molar refractivity (Wildman–Crippen MR) is 53.2 cm³/mol. The van der Waals surface area contributed by atoms with Crippen LogP contribution in [0.3, 0.4) is 0 Å². The van der Waals surface area contributed by atoms with E-state index in [-0.39, 0.29) is 0 Å². The fourth-order valence-electron chi connectivity index (χ4n) is 1.10. The zero-order valence-electron chi connectivity index (χ0n) is 7.01. The molecular weight excluding hydrogens is 220 g/mol. The van der Waals surface area contributed by atoms with Crippen molar-refractivity contribution < 1.29 is 0 Å². The second-order valence-electron chi connectivity index (χ2n) is 2.58. The minimum atomic E-state index is 0.422. The van der Waals surface area contributed by atoms with Crippen LogP contribution < -0.4 is 0 Å². The summed E-state index contributed by atoms with van der Waals surface area (Å²) in [6.45, 7) is 0.542. The van der Waals surface area contributed by atoms with Gasteiger partial charge in [0.1, 0.15) is 16.8 Å². The van der Waals surface area contributed by atoms with Crippen molar-refractivity contribution in [1.29, 1.82) is 5.26 Å². The Kier molecular flexibility index (Phi) is 2.48. The van der Waals surface area contributed by atoms with Crippen LogP contribution in [-0.2, 0) is 6.54 Å². The molecule has 0 aliphatic carbocycles. The molecule has 0 amide bonds. The lowest BCUT2D eigenvalue weighted by molar-refractivity contribution is 0.773. The fraction of sp³-hybridized carbons (Fsp3) is 0.125. The number of nitriles is 1. The molecule has 6 heteroatoms. The summed E-state index contributed by atoms with van der Waals surface area (Å²) < 4.78 is 2.22. The normalized spacial score (nSPS) is 10.0. The van der Waals surface area contributed by atoms with Gasteiger partial charge in [0.25, 0.3) is 0 Å². The van der Waals surface area contributed by atoms with E-state index in [1.54, 1.807) is 10.6 Å². The third-order valence-corrected chi connectivity index (χ3v) is 2.70. The van der Waals surface area contributed by atoms with Crippen molar-refractivity contribution in [1.82, 2.24) is 14.8 Å². The molecule has 2 rings (SSSR count). The Bertz CT molecular complexity index is 481. The second-order valence-corrected chi connectivity index (χ2v) is 4.23. The third kappa shape index (κ3) is 1.76. The van der Waals surface area contributed by atoms with Gasteiger partial charge in [0.15, 0.2) is 0 Å². The van der Waals surface area contributed by atoms with E-state index in [2.05, 4.69) is 16.3 Å². The van der Waals surface area contributed by atoms with E-state index in [0.29, 0.717) is 16.7 Å². The van der Waals surface area contributed by atoms with Crippen molar-refractivity contribution in [2.75, 3.05) is 0 Å². The molecule has 70 valence electrons. The highest BCUT2D eigenvalue weighted by molar-refractivity contribution is 7.15. The summed E-state index contributed by atoms with van der Waals surface area (Å²) in [5.74, 6) is 0. The van der Waals surface area contributed by atoms with Crippen LogP contribution in [0.25, 0.3) is 0 Å². The standard InChI is InChI=1S/C8H5ClN4S/c9-8-12-11-7(14-8)5-13-3-1-2-6(13)4-10/h1-3H,5H2. The van der Waals surface area contributed by atoms with Crippen LogP contribution in [0, 0.1) is 11.3 Å². The monoisotopic (exact) mass is 224 g/mol. The molecular formula is C8H5ClN4S. The van der Waals surface area contributed by atoms with E-state index in [1.165, 1.54) is 11.3 Å². The van der Waals surface area contributed by atoms with E-state index in [9.17, 15) is 0 Å². The summed E-state index contributed by atoms with van der Waals surface area (Å²) in [6, 6.07) is 5.66. The van der Waals surface area contributed by atoms with Gasteiger partial charge in [-0.25, -0.2) is 0 Å².